The van der Waals surface area contributed by atoms with Gasteiger partial charge in [-0.15, -0.1) is 4.48 Å². The zero-order valence-electron chi connectivity index (χ0n) is 9.81. The Balaban J connectivity index is 2.33. The van der Waals surface area contributed by atoms with Crippen molar-refractivity contribution >= 4 is 5.69 Å². The summed E-state index contributed by atoms with van der Waals surface area (Å²) in [7, 11) is 0. The Hall–Kier alpha value is -1.97. The third-order valence-corrected chi connectivity index (χ3v) is 2.70. The van der Waals surface area contributed by atoms with Gasteiger partial charge >= 0.3 is 0 Å². The van der Waals surface area contributed by atoms with Crippen LogP contribution in [0, 0.1) is 18.6 Å². The molecule has 0 spiro atoms. The van der Waals surface area contributed by atoms with Crippen molar-refractivity contribution in [3.05, 3.63) is 64.7 Å². The molecule has 0 aliphatic rings. The molecule has 2 aromatic carbocycles. The molecular formula is C14H12F3N. The van der Waals surface area contributed by atoms with Crippen LogP contribution in [0.25, 0.3) is 0 Å². The fourth-order valence-electron chi connectivity index (χ4n) is 1.84. The van der Waals surface area contributed by atoms with E-state index >= 15 is 0 Å². The van der Waals surface area contributed by atoms with Crippen LogP contribution in [0.1, 0.15) is 16.7 Å². The Bertz CT molecular complexity index is 544. The van der Waals surface area contributed by atoms with E-state index in [9.17, 15) is 13.3 Å². The lowest BCUT2D eigenvalue weighted by molar-refractivity contribution is 0.559. The van der Waals surface area contributed by atoms with Gasteiger partial charge in [-0.25, -0.2) is 14.3 Å². The standard InChI is InChI=1S/C14H12F3N/c1-9-5-13(15)12(14(16)6-9)8-10-3-2-4-11(7-10)18-17/h2-7,18H,8H2,1H3. The van der Waals surface area contributed by atoms with Crippen LogP contribution in [0.2, 0.25) is 0 Å². The summed E-state index contributed by atoms with van der Waals surface area (Å²) in [5.41, 5.74) is 2.94. The van der Waals surface area contributed by atoms with E-state index in [1.165, 1.54) is 29.8 Å². The Kier molecular flexibility index (Phi) is 3.55. The van der Waals surface area contributed by atoms with Gasteiger partial charge in [-0.1, -0.05) is 12.1 Å². The SMILES string of the molecule is Cc1cc(F)c(Cc2cccc(NF)c2)c(F)c1. The van der Waals surface area contributed by atoms with Gasteiger partial charge in [0.15, 0.2) is 0 Å². The highest BCUT2D eigenvalue weighted by Crippen LogP contribution is 2.20. The molecule has 4 heteroatoms. The molecule has 1 nitrogen and oxygen atoms in total. The molecule has 0 heterocycles. The van der Waals surface area contributed by atoms with Gasteiger partial charge in [0.25, 0.3) is 0 Å². The highest BCUT2D eigenvalue weighted by Gasteiger charge is 2.10. The number of aryl methyl sites for hydroxylation is 1. The van der Waals surface area contributed by atoms with Gasteiger partial charge in [-0.05, 0) is 42.3 Å². The molecule has 1 N–H and O–H groups in total. The molecule has 0 amide bonds. The van der Waals surface area contributed by atoms with E-state index in [1.54, 1.807) is 19.1 Å². The van der Waals surface area contributed by atoms with Crippen molar-refractivity contribution in [2.24, 2.45) is 0 Å². The van der Waals surface area contributed by atoms with Gasteiger partial charge in [0.1, 0.15) is 11.6 Å². The number of hydrogen-bond acceptors (Lipinski definition) is 1. The molecule has 0 saturated carbocycles. The van der Waals surface area contributed by atoms with Crippen molar-refractivity contribution in [1.82, 2.24) is 0 Å². The van der Waals surface area contributed by atoms with E-state index in [-0.39, 0.29) is 17.7 Å². The van der Waals surface area contributed by atoms with E-state index in [2.05, 4.69) is 0 Å². The average Bonchev–Trinajstić information content (AvgIpc) is 2.34. The minimum atomic E-state index is -0.578. The van der Waals surface area contributed by atoms with Crippen LogP contribution in [0.4, 0.5) is 18.9 Å². The molecule has 0 aliphatic carbocycles. The van der Waals surface area contributed by atoms with Crippen molar-refractivity contribution in [2.45, 2.75) is 13.3 Å². The summed E-state index contributed by atoms with van der Waals surface area (Å²) < 4.78 is 39.6. The van der Waals surface area contributed by atoms with Crippen molar-refractivity contribution in [3.63, 3.8) is 0 Å². The smallest absolute Gasteiger partial charge is 0.129 e. The number of halogens is 3. The lowest BCUT2D eigenvalue weighted by atomic mass is 10.0. The average molecular weight is 251 g/mol. The van der Waals surface area contributed by atoms with Gasteiger partial charge in [-0.3, -0.25) is 0 Å². The van der Waals surface area contributed by atoms with E-state index in [4.69, 9.17) is 0 Å². The molecule has 0 aromatic heterocycles. The molecule has 94 valence electrons. The molecule has 0 bridgehead atoms. The molecule has 0 saturated heterocycles. The number of rotatable bonds is 3. The first-order chi connectivity index (χ1) is 8.60. The molecule has 2 aromatic rings. The maximum atomic E-state index is 13.6. The summed E-state index contributed by atoms with van der Waals surface area (Å²) in [6.07, 6.45) is 0.0907. The van der Waals surface area contributed by atoms with Crippen molar-refractivity contribution < 1.29 is 13.3 Å². The van der Waals surface area contributed by atoms with Crippen LogP contribution in [0.15, 0.2) is 36.4 Å². The van der Waals surface area contributed by atoms with Gasteiger partial charge < -0.3 is 0 Å². The Labute approximate surface area is 103 Å². The van der Waals surface area contributed by atoms with Gasteiger partial charge in [0.2, 0.25) is 0 Å². The van der Waals surface area contributed by atoms with Gasteiger partial charge in [0.05, 0.1) is 5.69 Å². The minimum Gasteiger partial charge on any atom is -0.225 e. The largest absolute Gasteiger partial charge is 0.225 e. The van der Waals surface area contributed by atoms with Crippen molar-refractivity contribution in [1.29, 1.82) is 0 Å². The lowest BCUT2D eigenvalue weighted by Gasteiger charge is -2.07. The highest BCUT2D eigenvalue weighted by molar-refractivity contribution is 5.45. The molecular weight excluding hydrogens is 239 g/mol. The number of hydrogen-bond donors (Lipinski definition) is 1. The molecule has 0 atom stereocenters. The summed E-state index contributed by atoms with van der Waals surface area (Å²) in [4.78, 5) is 0. The fraction of sp³-hybridized carbons (Fsp3) is 0.143. The number of benzene rings is 2. The van der Waals surface area contributed by atoms with Crippen LogP contribution < -0.4 is 5.54 Å². The molecule has 0 fully saturated rings. The van der Waals surface area contributed by atoms with E-state index in [0.29, 0.717) is 11.1 Å². The van der Waals surface area contributed by atoms with Crippen molar-refractivity contribution in [2.75, 3.05) is 5.54 Å². The monoisotopic (exact) mass is 251 g/mol. The summed E-state index contributed by atoms with van der Waals surface area (Å²) in [5, 5.41) is 0. The lowest BCUT2D eigenvalue weighted by Crippen LogP contribution is -1.98. The molecule has 0 unspecified atom stereocenters. The summed E-state index contributed by atoms with van der Waals surface area (Å²) in [6, 6.07) is 8.94. The zero-order chi connectivity index (χ0) is 13.1. The normalized spacial score (nSPS) is 10.4. The predicted octanol–water partition coefficient (Wildman–Crippen LogP) is 4.16. The second kappa shape index (κ2) is 5.12. The van der Waals surface area contributed by atoms with Crippen LogP contribution in [0.5, 0.6) is 0 Å². The van der Waals surface area contributed by atoms with Crippen molar-refractivity contribution in [3.8, 4) is 0 Å². The fourth-order valence-corrected chi connectivity index (χ4v) is 1.84. The summed E-state index contributed by atoms with van der Waals surface area (Å²) in [5.74, 6) is -1.16. The first-order valence-electron chi connectivity index (χ1n) is 5.50. The molecule has 2 rings (SSSR count). The summed E-state index contributed by atoms with van der Waals surface area (Å²) in [6.45, 7) is 1.63. The van der Waals surface area contributed by atoms with Gasteiger partial charge in [-0.2, -0.15) is 0 Å². The molecule has 0 aliphatic heterocycles. The third-order valence-electron chi connectivity index (χ3n) is 2.70. The van der Waals surface area contributed by atoms with Gasteiger partial charge in [0, 0.05) is 12.0 Å². The minimum absolute atomic E-state index is 0.00314. The van der Waals surface area contributed by atoms with Crippen LogP contribution >= 0.6 is 0 Å². The Morgan fingerprint density at radius 3 is 2.33 bits per heavy atom. The van der Waals surface area contributed by atoms with E-state index in [1.807, 2.05) is 0 Å². The zero-order valence-corrected chi connectivity index (χ0v) is 9.81. The van der Waals surface area contributed by atoms with Crippen LogP contribution in [0.3, 0.4) is 0 Å². The second-order valence-electron chi connectivity index (χ2n) is 4.18. The van der Waals surface area contributed by atoms with E-state index in [0.717, 1.165) is 0 Å². The maximum Gasteiger partial charge on any atom is 0.129 e. The molecule has 0 radical (unpaired) electrons. The van der Waals surface area contributed by atoms with E-state index < -0.39 is 11.6 Å². The predicted molar refractivity (Wildman–Crippen MR) is 65.1 cm³/mol. The highest BCUT2D eigenvalue weighted by atomic mass is 19.2. The summed E-state index contributed by atoms with van der Waals surface area (Å²) >= 11 is 0. The number of anilines is 1. The Morgan fingerprint density at radius 2 is 1.72 bits per heavy atom. The van der Waals surface area contributed by atoms with Crippen LogP contribution in [-0.4, -0.2) is 0 Å². The second-order valence-corrected chi connectivity index (χ2v) is 4.18. The van der Waals surface area contributed by atoms with Crippen LogP contribution in [-0.2, 0) is 6.42 Å². The molecule has 18 heavy (non-hydrogen) atoms. The number of nitrogens with one attached hydrogen (secondary N) is 1. The Morgan fingerprint density at radius 1 is 1.06 bits per heavy atom. The topological polar surface area (TPSA) is 12.0 Å². The first-order valence-corrected chi connectivity index (χ1v) is 5.50. The quantitative estimate of drug-likeness (QED) is 0.808. The maximum absolute atomic E-state index is 13.6. The third kappa shape index (κ3) is 2.64. The first kappa shape index (κ1) is 12.5.